The monoisotopic (exact) mass is 313 g/mol. The van der Waals surface area contributed by atoms with Crippen LogP contribution in [0.2, 0.25) is 5.02 Å². The van der Waals surface area contributed by atoms with E-state index in [1.165, 1.54) is 17.7 Å². The normalized spacial score (nSPS) is 25.0. The Morgan fingerprint density at radius 2 is 1.91 bits per heavy atom. The molecule has 4 heterocycles. The highest BCUT2D eigenvalue weighted by Crippen LogP contribution is 2.34. The van der Waals surface area contributed by atoms with E-state index in [9.17, 15) is 0 Å². The molecule has 22 heavy (non-hydrogen) atoms. The smallest absolute Gasteiger partial charge is 0.0543 e. The number of hydrogen-bond acceptors (Lipinski definition) is 3. The standard InChI is InChI=1S/C18H20ClN3/c19-15-5-3-4-14(8-15)10-22-17-9-18(22)13-21(12-17)11-16-6-1-2-7-20-16/h1-8,17-18H,9-13H2. The van der Waals surface area contributed by atoms with Gasteiger partial charge >= 0.3 is 0 Å². The molecule has 2 unspecified atom stereocenters. The van der Waals surface area contributed by atoms with Gasteiger partial charge in [-0.3, -0.25) is 14.8 Å². The Bertz CT molecular complexity index is 634. The molecule has 0 amide bonds. The van der Waals surface area contributed by atoms with Gasteiger partial charge in [0.15, 0.2) is 0 Å². The van der Waals surface area contributed by atoms with Gasteiger partial charge in [-0.2, -0.15) is 0 Å². The number of rotatable bonds is 4. The lowest BCUT2D eigenvalue weighted by atomic mass is 9.86. The predicted molar refractivity (Wildman–Crippen MR) is 88.7 cm³/mol. The van der Waals surface area contributed by atoms with E-state index >= 15 is 0 Å². The molecule has 3 nitrogen and oxygen atoms in total. The maximum atomic E-state index is 6.09. The molecule has 2 bridgehead atoms. The zero-order chi connectivity index (χ0) is 14.9. The predicted octanol–water partition coefficient (Wildman–Crippen LogP) is 3.19. The summed E-state index contributed by atoms with van der Waals surface area (Å²) in [5, 5.41) is 0.833. The highest BCUT2D eigenvalue weighted by atomic mass is 35.5. The highest BCUT2D eigenvalue weighted by molar-refractivity contribution is 6.30. The first-order valence-corrected chi connectivity index (χ1v) is 8.28. The van der Waals surface area contributed by atoms with Gasteiger partial charge in [-0.25, -0.2) is 0 Å². The lowest BCUT2D eigenvalue weighted by Crippen LogP contribution is -2.67. The van der Waals surface area contributed by atoms with E-state index < -0.39 is 0 Å². The lowest BCUT2D eigenvalue weighted by Gasteiger charge is -2.56. The van der Waals surface area contributed by atoms with Crippen molar-refractivity contribution in [1.82, 2.24) is 14.8 Å². The van der Waals surface area contributed by atoms with E-state index in [0.29, 0.717) is 12.1 Å². The van der Waals surface area contributed by atoms with Crippen LogP contribution in [-0.2, 0) is 13.1 Å². The molecule has 114 valence electrons. The van der Waals surface area contributed by atoms with Gasteiger partial charge in [-0.05, 0) is 36.2 Å². The minimum Gasteiger partial charge on any atom is -0.294 e. The van der Waals surface area contributed by atoms with Crippen LogP contribution in [0, 0.1) is 0 Å². The number of fused-ring (bicyclic) bond motifs is 2. The van der Waals surface area contributed by atoms with Crippen LogP contribution in [0.3, 0.4) is 0 Å². The molecule has 0 aliphatic carbocycles. The Morgan fingerprint density at radius 3 is 2.64 bits per heavy atom. The fourth-order valence-corrected chi connectivity index (χ4v) is 3.94. The Morgan fingerprint density at radius 1 is 1.05 bits per heavy atom. The van der Waals surface area contributed by atoms with Crippen molar-refractivity contribution in [3.05, 3.63) is 64.9 Å². The Kier molecular flexibility index (Phi) is 3.87. The fraction of sp³-hybridized carbons (Fsp3) is 0.389. The van der Waals surface area contributed by atoms with Crippen LogP contribution in [0.25, 0.3) is 0 Å². The molecule has 0 N–H and O–H groups in total. The second-order valence-electron chi connectivity index (χ2n) is 6.36. The van der Waals surface area contributed by atoms with E-state index in [1.54, 1.807) is 0 Å². The summed E-state index contributed by atoms with van der Waals surface area (Å²) in [6, 6.07) is 15.8. The third kappa shape index (κ3) is 2.89. The second-order valence-corrected chi connectivity index (χ2v) is 6.80. The topological polar surface area (TPSA) is 19.4 Å². The van der Waals surface area contributed by atoms with Gasteiger partial charge < -0.3 is 0 Å². The first kappa shape index (κ1) is 14.2. The molecular weight excluding hydrogens is 294 g/mol. The number of piperidine rings is 1. The first-order chi connectivity index (χ1) is 10.8. The van der Waals surface area contributed by atoms with Crippen LogP contribution in [0.4, 0.5) is 0 Å². The van der Waals surface area contributed by atoms with E-state index in [-0.39, 0.29) is 0 Å². The van der Waals surface area contributed by atoms with Crippen molar-refractivity contribution in [2.45, 2.75) is 31.6 Å². The molecule has 1 aromatic carbocycles. The first-order valence-electron chi connectivity index (χ1n) is 7.90. The summed E-state index contributed by atoms with van der Waals surface area (Å²) < 4.78 is 0. The quantitative estimate of drug-likeness (QED) is 0.864. The van der Waals surface area contributed by atoms with E-state index in [4.69, 9.17) is 11.6 Å². The van der Waals surface area contributed by atoms with Crippen LogP contribution < -0.4 is 0 Å². The molecule has 2 aromatic rings. The Balaban J connectivity index is 1.36. The second kappa shape index (κ2) is 5.99. The molecule has 4 heteroatoms. The van der Waals surface area contributed by atoms with Gasteiger partial charge in [0.05, 0.1) is 5.69 Å². The SMILES string of the molecule is Clc1cccc(CN2C3CC2CN(Cc2ccccn2)C3)c1. The number of piperazine rings is 1. The molecule has 2 atom stereocenters. The van der Waals surface area contributed by atoms with Crippen LogP contribution in [0.1, 0.15) is 17.7 Å². The van der Waals surface area contributed by atoms with Crippen molar-refractivity contribution in [3.8, 4) is 0 Å². The van der Waals surface area contributed by atoms with Crippen molar-refractivity contribution in [2.24, 2.45) is 0 Å². The van der Waals surface area contributed by atoms with Crippen molar-refractivity contribution >= 4 is 11.6 Å². The van der Waals surface area contributed by atoms with Crippen molar-refractivity contribution in [3.63, 3.8) is 0 Å². The van der Waals surface area contributed by atoms with Gasteiger partial charge in [0.25, 0.3) is 0 Å². The fourth-order valence-electron chi connectivity index (χ4n) is 3.73. The molecule has 0 spiro atoms. The molecule has 3 fully saturated rings. The van der Waals surface area contributed by atoms with Gasteiger partial charge in [-0.15, -0.1) is 0 Å². The van der Waals surface area contributed by atoms with Gasteiger partial charge in [0.2, 0.25) is 0 Å². The van der Waals surface area contributed by atoms with Crippen LogP contribution in [0.5, 0.6) is 0 Å². The summed E-state index contributed by atoms with van der Waals surface area (Å²) in [5.74, 6) is 0. The zero-order valence-corrected chi connectivity index (χ0v) is 13.3. The average Bonchev–Trinajstić information content (AvgIpc) is 2.54. The summed E-state index contributed by atoms with van der Waals surface area (Å²) in [7, 11) is 0. The molecule has 0 saturated carbocycles. The third-order valence-electron chi connectivity index (χ3n) is 4.79. The van der Waals surface area contributed by atoms with Crippen molar-refractivity contribution in [1.29, 1.82) is 0 Å². The number of halogens is 1. The van der Waals surface area contributed by atoms with E-state index in [0.717, 1.165) is 31.2 Å². The van der Waals surface area contributed by atoms with Crippen LogP contribution >= 0.6 is 11.6 Å². The third-order valence-corrected chi connectivity index (χ3v) is 5.02. The summed E-state index contributed by atoms with van der Waals surface area (Å²) in [6.45, 7) is 4.29. The van der Waals surface area contributed by atoms with Crippen molar-refractivity contribution in [2.75, 3.05) is 13.1 Å². The lowest BCUT2D eigenvalue weighted by molar-refractivity contribution is -0.0777. The zero-order valence-electron chi connectivity index (χ0n) is 12.5. The molecule has 0 radical (unpaired) electrons. The molecular formula is C18H20ClN3. The minimum atomic E-state index is 0.682. The molecule has 3 aliphatic rings. The summed E-state index contributed by atoms with van der Waals surface area (Å²) in [6.07, 6.45) is 3.21. The maximum absolute atomic E-state index is 6.09. The molecule has 1 aromatic heterocycles. The highest BCUT2D eigenvalue weighted by Gasteiger charge is 2.44. The summed E-state index contributed by atoms with van der Waals surface area (Å²) in [5.41, 5.74) is 2.49. The number of benzene rings is 1. The largest absolute Gasteiger partial charge is 0.294 e. The number of pyridine rings is 1. The molecule has 3 saturated heterocycles. The van der Waals surface area contributed by atoms with Crippen molar-refractivity contribution < 1.29 is 0 Å². The summed E-state index contributed by atoms with van der Waals surface area (Å²) in [4.78, 5) is 9.60. The van der Waals surface area contributed by atoms with Crippen LogP contribution in [0.15, 0.2) is 48.7 Å². The Hall–Kier alpha value is -1.42. The number of nitrogens with zero attached hydrogens (tertiary/aromatic N) is 3. The maximum Gasteiger partial charge on any atom is 0.0543 e. The van der Waals surface area contributed by atoms with Gasteiger partial charge in [-0.1, -0.05) is 29.8 Å². The Labute approximate surface area is 136 Å². The van der Waals surface area contributed by atoms with E-state index in [2.05, 4.69) is 39.0 Å². The van der Waals surface area contributed by atoms with Crippen LogP contribution in [-0.4, -0.2) is 40.0 Å². The number of hydrogen-bond donors (Lipinski definition) is 0. The minimum absolute atomic E-state index is 0.682. The van der Waals surface area contributed by atoms with Gasteiger partial charge in [0, 0.05) is 49.5 Å². The summed E-state index contributed by atoms with van der Waals surface area (Å²) >= 11 is 6.09. The van der Waals surface area contributed by atoms with E-state index in [1.807, 2.05) is 24.4 Å². The average molecular weight is 314 g/mol. The molecule has 5 rings (SSSR count). The van der Waals surface area contributed by atoms with Gasteiger partial charge in [0.1, 0.15) is 0 Å². The number of aromatic nitrogens is 1. The molecule has 3 aliphatic heterocycles.